The Bertz CT molecular complexity index is 1070. The highest BCUT2D eigenvalue weighted by Crippen LogP contribution is 2.29. The molecule has 2 heterocycles. The van der Waals surface area contributed by atoms with Crippen LogP contribution in [0.1, 0.15) is 47.2 Å². The molecule has 32 heavy (non-hydrogen) atoms. The molecule has 0 spiro atoms. The van der Waals surface area contributed by atoms with Crippen LogP contribution in [0.3, 0.4) is 0 Å². The van der Waals surface area contributed by atoms with Gasteiger partial charge in [0.2, 0.25) is 0 Å². The number of carbonyl (C=O) groups is 2. The molecule has 7 heteroatoms. The zero-order valence-electron chi connectivity index (χ0n) is 18.0. The fourth-order valence-electron chi connectivity index (χ4n) is 3.83. The van der Waals surface area contributed by atoms with E-state index in [1.54, 1.807) is 18.0 Å². The van der Waals surface area contributed by atoms with Crippen LogP contribution in [0.15, 0.2) is 66.9 Å². The van der Waals surface area contributed by atoms with Crippen LogP contribution < -0.4 is 10.1 Å². The van der Waals surface area contributed by atoms with Crippen molar-refractivity contribution in [1.29, 1.82) is 0 Å². The maximum Gasteiger partial charge on any atom is 0.261 e. The summed E-state index contributed by atoms with van der Waals surface area (Å²) in [7, 11) is 0. The molecule has 1 N–H and O–H groups in total. The minimum Gasteiger partial charge on any atom is -0.484 e. The van der Waals surface area contributed by atoms with Gasteiger partial charge in [-0.25, -0.2) is 9.97 Å². The Morgan fingerprint density at radius 2 is 1.78 bits per heavy atom. The number of benzene rings is 2. The molecule has 1 unspecified atom stereocenters. The topological polar surface area (TPSA) is 84.4 Å². The zero-order chi connectivity index (χ0) is 22.3. The van der Waals surface area contributed by atoms with Gasteiger partial charge in [0.05, 0.1) is 17.3 Å². The van der Waals surface area contributed by atoms with Gasteiger partial charge in [-0.1, -0.05) is 36.4 Å². The second-order valence-corrected chi connectivity index (χ2v) is 7.75. The van der Waals surface area contributed by atoms with Gasteiger partial charge in [-0.05, 0) is 50.5 Å². The van der Waals surface area contributed by atoms with E-state index >= 15 is 0 Å². The van der Waals surface area contributed by atoms with Crippen molar-refractivity contribution in [3.8, 4) is 5.75 Å². The van der Waals surface area contributed by atoms with E-state index < -0.39 is 0 Å². The van der Waals surface area contributed by atoms with Gasteiger partial charge in [-0.15, -0.1) is 0 Å². The lowest BCUT2D eigenvalue weighted by atomic mass is 10.0. The molecule has 1 saturated heterocycles. The predicted octanol–water partition coefficient (Wildman–Crippen LogP) is 4.17. The van der Waals surface area contributed by atoms with E-state index in [4.69, 9.17) is 4.74 Å². The van der Waals surface area contributed by atoms with Crippen molar-refractivity contribution in [2.24, 2.45) is 0 Å². The molecule has 1 atom stereocenters. The van der Waals surface area contributed by atoms with E-state index in [-0.39, 0.29) is 24.5 Å². The minimum absolute atomic E-state index is 0.0307. The van der Waals surface area contributed by atoms with Crippen molar-refractivity contribution in [2.45, 2.75) is 32.2 Å². The summed E-state index contributed by atoms with van der Waals surface area (Å²) in [6.45, 7) is 2.40. The summed E-state index contributed by atoms with van der Waals surface area (Å²) in [5, 5.41) is 2.86. The zero-order valence-corrected chi connectivity index (χ0v) is 18.0. The van der Waals surface area contributed by atoms with Crippen molar-refractivity contribution >= 4 is 17.5 Å². The van der Waals surface area contributed by atoms with Gasteiger partial charge in [-0.3, -0.25) is 9.59 Å². The molecule has 0 radical (unpaired) electrons. The van der Waals surface area contributed by atoms with Crippen LogP contribution >= 0.6 is 0 Å². The van der Waals surface area contributed by atoms with Crippen molar-refractivity contribution in [1.82, 2.24) is 14.9 Å². The molecule has 7 nitrogen and oxygen atoms in total. The Balaban J connectivity index is 1.46. The molecule has 1 aromatic heterocycles. The van der Waals surface area contributed by atoms with Gasteiger partial charge < -0.3 is 15.0 Å². The number of ether oxygens (including phenoxy) is 1. The summed E-state index contributed by atoms with van der Waals surface area (Å²) in [4.78, 5) is 36.4. The molecule has 2 aromatic carbocycles. The molecule has 164 valence electrons. The van der Waals surface area contributed by atoms with Gasteiger partial charge in [0.15, 0.2) is 12.4 Å². The normalized spacial score (nSPS) is 15.8. The van der Waals surface area contributed by atoms with Crippen LogP contribution in [0.2, 0.25) is 0 Å². The predicted molar refractivity (Wildman–Crippen MR) is 121 cm³/mol. The number of rotatable bonds is 6. The summed E-state index contributed by atoms with van der Waals surface area (Å²) in [6.07, 6.45) is 4.26. The van der Waals surface area contributed by atoms with Gasteiger partial charge in [0.1, 0.15) is 5.75 Å². The number of amides is 2. The van der Waals surface area contributed by atoms with Crippen LogP contribution in [0.4, 0.5) is 5.69 Å². The Hall–Kier alpha value is -3.74. The highest BCUT2D eigenvalue weighted by atomic mass is 16.5. The van der Waals surface area contributed by atoms with Gasteiger partial charge in [0, 0.05) is 18.4 Å². The number of para-hydroxylation sites is 2. The molecular formula is C25H26N4O3. The van der Waals surface area contributed by atoms with Crippen molar-refractivity contribution in [3.05, 3.63) is 83.9 Å². The second kappa shape index (κ2) is 10.0. The summed E-state index contributed by atoms with van der Waals surface area (Å²) >= 11 is 0. The number of aryl methyl sites for hydroxylation is 1. The molecule has 4 rings (SSSR count). The lowest BCUT2D eigenvalue weighted by molar-refractivity contribution is -0.137. The van der Waals surface area contributed by atoms with Crippen molar-refractivity contribution < 1.29 is 14.3 Å². The van der Waals surface area contributed by atoms with Crippen molar-refractivity contribution in [2.75, 3.05) is 18.5 Å². The molecule has 0 bridgehead atoms. The molecule has 1 aliphatic heterocycles. The highest BCUT2D eigenvalue weighted by molar-refractivity contribution is 6.04. The average molecular weight is 431 g/mol. The number of aromatic nitrogens is 2. The van der Waals surface area contributed by atoms with E-state index in [1.165, 1.54) is 0 Å². The number of likely N-dealkylation sites (tertiary alicyclic amines) is 1. The lowest BCUT2D eigenvalue weighted by Gasteiger charge is -2.34. The molecule has 0 saturated carbocycles. The smallest absolute Gasteiger partial charge is 0.261 e. The number of hydrogen-bond acceptors (Lipinski definition) is 5. The number of nitrogens with one attached hydrogen (secondary N) is 1. The van der Waals surface area contributed by atoms with E-state index in [2.05, 4.69) is 15.3 Å². The first kappa shape index (κ1) is 21.5. The third-order valence-electron chi connectivity index (χ3n) is 5.50. The average Bonchev–Trinajstić information content (AvgIpc) is 2.83. The fourth-order valence-corrected chi connectivity index (χ4v) is 3.83. The largest absolute Gasteiger partial charge is 0.484 e. The van der Waals surface area contributed by atoms with E-state index in [9.17, 15) is 9.59 Å². The van der Waals surface area contributed by atoms with E-state index in [1.807, 2.05) is 60.7 Å². The third kappa shape index (κ3) is 5.11. The van der Waals surface area contributed by atoms with Crippen LogP contribution in [-0.2, 0) is 4.79 Å². The summed E-state index contributed by atoms with van der Waals surface area (Å²) in [5.41, 5.74) is 1.71. The van der Waals surface area contributed by atoms with Crippen LogP contribution in [0.5, 0.6) is 5.75 Å². The Morgan fingerprint density at radius 3 is 2.50 bits per heavy atom. The van der Waals surface area contributed by atoms with Crippen LogP contribution in [0.25, 0.3) is 0 Å². The second-order valence-electron chi connectivity index (χ2n) is 7.75. The Morgan fingerprint density at radius 1 is 1.06 bits per heavy atom. The molecule has 3 aromatic rings. The van der Waals surface area contributed by atoms with Crippen LogP contribution in [-0.4, -0.2) is 39.8 Å². The molecule has 0 aliphatic carbocycles. The van der Waals surface area contributed by atoms with E-state index in [0.717, 1.165) is 19.3 Å². The number of carbonyl (C=O) groups excluding carboxylic acids is 2. The first-order valence-corrected chi connectivity index (χ1v) is 10.8. The minimum atomic E-state index is -0.256. The monoisotopic (exact) mass is 430 g/mol. The quantitative estimate of drug-likeness (QED) is 0.635. The maximum atomic E-state index is 12.9. The van der Waals surface area contributed by atoms with Gasteiger partial charge >= 0.3 is 0 Å². The third-order valence-corrected chi connectivity index (χ3v) is 5.50. The number of hydrogen-bond donors (Lipinski definition) is 1. The standard InChI is InChI=1S/C25H26N4O3/c1-18-21(25(31)28-19-10-4-2-5-11-19)16-26-24(27-18)22-14-8-9-15-29(22)23(30)17-32-20-12-6-3-7-13-20/h2-7,10-13,16,22H,8-9,14-15,17H2,1H3,(H,28,31). The number of anilines is 1. The number of nitrogens with zero attached hydrogens (tertiary/aromatic N) is 3. The first-order valence-electron chi connectivity index (χ1n) is 10.8. The highest BCUT2D eigenvalue weighted by Gasteiger charge is 2.30. The summed E-state index contributed by atoms with van der Waals surface area (Å²) in [5.74, 6) is 0.876. The summed E-state index contributed by atoms with van der Waals surface area (Å²) in [6, 6.07) is 18.3. The van der Waals surface area contributed by atoms with E-state index in [0.29, 0.717) is 35.1 Å². The van der Waals surface area contributed by atoms with Gasteiger partial charge in [0.25, 0.3) is 11.8 Å². The molecule has 2 amide bonds. The van der Waals surface area contributed by atoms with Gasteiger partial charge in [-0.2, -0.15) is 0 Å². The SMILES string of the molecule is Cc1nc(C2CCCCN2C(=O)COc2ccccc2)ncc1C(=O)Nc1ccccc1. The Labute approximate surface area is 187 Å². The molecule has 1 fully saturated rings. The Kier molecular flexibility index (Phi) is 6.75. The molecular weight excluding hydrogens is 404 g/mol. The number of piperidine rings is 1. The lowest BCUT2D eigenvalue weighted by Crippen LogP contribution is -2.41. The maximum absolute atomic E-state index is 12.9. The fraction of sp³-hybridized carbons (Fsp3) is 0.280. The summed E-state index contributed by atoms with van der Waals surface area (Å²) < 4.78 is 5.65. The molecule has 1 aliphatic rings. The van der Waals surface area contributed by atoms with Crippen LogP contribution in [0, 0.1) is 6.92 Å². The van der Waals surface area contributed by atoms with Crippen molar-refractivity contribution in [3.63, 3.8) is 0 Å². The first-order chi connectivity index (χ1) is 15.6.